The lowest BCUT2D eigenvalue weighted by Crippen LogP contribution is -2.06. The van der Waals surface area contributed by atoms with Crippen molar-refractivity contribution in [2.75, 3.05) is 13.2 Å². The molecule has 6 nitrogen and oxygen atoms in total. The van der Waals surface area contributed by atoms with Crippen LogP contribution < -0.4 is 4.74 Å². The highest BCUT2D eigenvalue weighted by Crippen LogP contribution is 2.39. The van der Waals surface area contributed by atoms with Gasteiger partial charge in [-0.3, -0.25) is 0 Å². The molecule has 1 aromatic heterocycles. The molecule has 0 saturated carbocycles. The number of pyridine rings is 1. The molecule has 2 heterocycles. The Kier molecular flexibility index (Phi) is 6.02. The van der Waals surface area contributed by atoms with Crippen LogP contribution in [-0.2, 0) is 14.2 Å². The van der Waals surface area contributed by atoms with Gasteiger partial charge in [0.05, 0.1) is 24.3 Å². The third kappa shape index (κ3) is 4.48. The first-order valence-electron chi connectivity index (χ1n) is 9.56. The van der Waals surface area contributed by atoms with Crippen molar-refractivity contribution in [2.45, 2.75) is 19.3 Å². The summed E-state index contributed by atoms with van der Waals surface area (Å²) in [5, 5.41) is 0. The number of aromatic nitrogens is 1. The molecule has 1 saturated heterocycles. The van der Waals surface area contributed by atoms with Gasteiger partial charge in [0.15, 0.2) is 6.29 Å². The Morgan fingerprint density at radius 3 is 2.63 bits per heavy atom. The predicted molar refractivity (Wildman–Crippen MR) is 106 cm³/mol. The first kappa shape index (κ1) is 20.0. The second-order valence-electron chi connectivity index (χ2n) is 6.59. The number of carbonyl (C=O) groups excluding carboxylic acids is 1. The van der Waals surface area contributed by atoms with Crippen LogP contribution in [0.4, 0.5) is 4.39 Å². The van der Waals surface area contributed by atoms with Gasteiger partial charge in [0, 0.05) is 6.20 Å². The summed E-state index contributed by atoms with van der Waals surface area (Å²) in [6.45, 7) is 2.44. The van der Waals surface area contributed by atoms with E-state index in [1.165, 1.54) is 24.3 Å². The first-order valence-corrected chi connectivity index (χ1v) is 9.56. The molecule has 2 aromatic carbocycles. The molecule has 0 spiro atoms. The van der Waals surface area contributed by atoms with Crippen molar-refractivity contribution in [3.63, 3.8) is 0 Å². The maximum atomic E-state index is 13.1. The number of hydrogen-bond acceptors (Lipinski definition) is 6. The summed E-state index contributed by atoms with van der Waals surface area (Å²) in [5.74, 6) is 0.0826. The third-order valence-corrected chi connectivity index (χ3v) is 4.56. The number of nitrogens with zero attached hydrogens (tertiary/aromatic N) is 1. The van der Waals surface area contributed by atoms with E-state index in [0.29, 0.717) is 36.0 Å². The molecule has 2 unspecified atom stereocenters. The minimum absolute atomic E-state index is 0.301. The Morgan fingerprint density at radius 2 is 1.90 bits per heavy atom. The molecule has 1 aliphatic heterocycles. The molecule has 1 fully saturated rings. The van der Waals surface area contributed by atoms with E-state index in [1.54, 1.807) is 31.3 Å². The Morgan fingerprint density at radius 1 is 1.13 bits per heavy atom. The highest BCUT2D eigenvalue weighted by molar-refractivity contribution is 5.89. The quantitative estimate of drug-likeness (QED) is 0.535. The summed E-state index contributed by atoms with van der Waals surface area (Å²) >= 11 is 0. The van der Waals surface area contributed by atoms with Gasteiger partial charge in [-0.15, -0.1) is 0 Å². The van der Waals surface area contributed by atoms with Gasteiger partial charge in [-0.25, -0.2) is 14.2 Å². The minimum atomic E-state index is -0.663. The van der Waals surface area contributed by atoms with Gasteiger partial charge in [-0.2, -0.15) is 0 Å². The highest BCUT2D eigenvalue weighted by atomic mass is 19.1. The molecule has 0 amide bonds. The standard InChI is InChI=1S/C23H20FNO5/c1-2-27-22(26)16-7-5-15(6-8-16)20-14-28-23(30-20)19-4-3-13-25-21(19)29-18-11-9-17(24)10-12-18/h3-13,20,23H,2,14H2,1H3. The van der Waals surface area contributed by atoms with Crippen molar-refractivity contribution in [3.8, 4) is 11.6 Å². The maximum absolute atomic E-state index is 13.1. The molecule has 0 bridgehead atoms. The van der Waals surface area contributed by atoms with Crippen molar-refractivity contribution in [3.05, 3.63) is 89.4 Å². The zero-order chi connectivity index (χ0) is 20.9. The summed E-state index contributed by atoms with van der Waals surface area (Å²) in [6.07, 6.45) is 0.636. The van der Waals surface area contributed by atoms with E-state index in [0.717, 1.165) is 5.56 Å². The summed E-state index contributed by atoms with van der Waals surface area (Å²) in [6, 6.07) is 16.3. The first-order chi connectivity index (χ1) is 14.6. The van der Waals surface area contributed by atoms with Crippen LogP contribution in [-0.4, -0.2) is 24.2 Å². The topological polar surface area (TPSA) is 66.9 Å². The van der Waals surface area contributed by atoms with Gasteiger partial charge in [-0.05, 0) is 61.0 Å². The molecule has 0 radical (unpaired) electrons. The van der Waals surface area contributed by atoms with Crippen LogP contribution in [0.25, 0.3) is 0 Å². The normalized spacial score (nSPS) is 18.2. The van der Waals surface area contributed by atoms with Crippen LogP contribution in [0.5, 0.6) is 11.6 Å². The fraction of sp³-hybridized carbons (Fsp3) is 0.217. The Labute approximate surface area is 173 Å². The van der Waals surface area contributed by atoms with Gasteiger partial charge < -0.3 is 18.9 Å². The van der Waals surface area contributed by atoms with E-state index in [-0.39, 0.29) is 17.9 Å². The molecule has 7 heteroatoms. The maximum Gasteiger partial charge on any atom is 0.338 e. The Hall–Kier alpha value is -3.29. The van der Waals surface area contributed by atoms with Crippen LogP contribution >= 0.6 is 0 Å². The lowest BCUT2D eigenvalue weighted by Gasteiger charge is -2.15. The number of rotatable bonds is 6. The molecule has 2 atom stereocenters. The van der Waals surface area contributed by atoms with Crippen molar-refractivity contribution in [1.82, 2.24) is 4.98 Å². The average Bonchev–Trinajstić information content (AvgIpc) is 3.26. The van der Waals surface area contributed by atoms with Gasteiger partial charge in [0.1, 0.15) is 17.7 Å². The van der Waals surface area contributed by atoms with E-state index in [1.807, 2.05) is 18.2 Å². The van der Waals surface area contributed by atoms with Crippen molar-refractivity contribution in [2.24, 2.45) is 0 Å². The molecule has 30 heavy (non-hydrogen) atoms. The van der Waals surface area contributed by atoms with Crippen molar-refractivity contribution < 1.29 is 28.1 Å². The lowest BCUT2D eigenvalue weighted by molar-refractivity contribution is -0.0620. The van der Waals surface area contributed by atoms with Gasteiger partial charge in [-0.1, -0.05) is 12.1 Å². The largest absolute Gasteiger partial charge is 0.462 e. The van der Waals surface area contributed by atoms with Crippen LogP contribution in [0.2, 0.25) is 0 Å². The summed E-state index contributed by atoms with van der Waals surface area (Å²) in [7, 11) is 0. The van der Waals surface area contributed by atoms with Crippen LogP contribution in [0, 0.1) is 5.82 Å². The summed E-state index contributed by atoms with van der Waals surface area (Å²) in [4.78, 5) is 16.1. The second-order valence-corrected chi connectivity index (χ2v) is 6.59. The van der Waals surface area contributed by atoms with E-state index in [2.05, 4.69) is 4.98 Å². The molecule has 0 N–H and O–H groups in total. The van der Waals surface area contributed by atoms with Crippen molar-refractivity contribution in [1.29, 1.82) is 0 Å². The van der Waals surface area contributed by atoms with Crippen LogP contribution in [0.1, 0.15) is 40.8 Å². The SMILES string of the molecule is CCOC(=O)c1ccc(C2COC(c3cccnc3Oc3ccc(F)cc3)O2)cc1. The zero-order valence-corrected chi connectivity index (χ0v) is 16.3. The molecule has 4 rings (SSSR count). The predicted octanol–water partition coefficient (Wildman–Crippen LogP) is 4.98. The number of esters is 1. The number of ether oxygens (including phenoxy) is 4. The average molecular weight is 409 g/mol. The summed E-state index contributed by atoms with van der Waals surface area (Å²) < 4.78 is 35.8. The van der Waals surface area contributed by atoms with Crippen LogP contribution in [0.15, 0.2) is 66.9 Å². The van der Waals surface area contributed by atoms with Crippen LogP contribution in [0.3, 0.4) is 0 Å². The van der Waals surface area contributed by atoms with Gasteiger partial charge in [0.25, 0.3) is 0 Å². The molecule has 154 valence electrons. The fourth-order valence-electron chi connectivity index (χ4n) is 3.07. The molecular weight excluding hydrogens is 389 g/mol. The number of halogens is 1. The Balaban J connectivity index is 1.47. The highest BCUT2D eigenvalue weighted by Gasteiger charge is 2.31. The molecule has 3 aromatic rings. The fourth-order valence-corrected chi connectivity index (χ4v) is 3.07. The molecular formula is C23H20FNO5. The third-order valence-electron chi connectivity index (χ3n) is 4.56. The number of hydrogen-bond donors (Lipinski definition) is 0. The van der Waals surface area contributed by atoms with E-state index >= 15 is 0 Å². The van der Waals surface area contributed by atoms with Gasteiger partial charge >= 0.3 is 5.97 Å². The van der Waals surface area contributed by atoms with E-state index in [9.17, 15) is 9.18 Å². The smallest absolute Gasteiger partial charge is 0.338 e. The van der Waals surface area contributed by atoms with Crippen molar-refractivity contribution >= 4 is 5.97 Å². The number of carbonyl (C=O) groups is 1. The molecule has 0 aliphatic carbocycles. The Bertz CT molecular complexity index is 1010. The monoisotopic (exact) mass is 409 g/mol. The number of benzene rings is 2. The van der Waals surface area contributed by atoms with E-state index < -0.39 is 6.29 Å². The molecule has 1 aliphatic rings. The second kappa shape index (κ2) is 9.02. The zero-order valence-electron chi connectivity index (χ0n) is 16.3. The lowest BCUT2D eigenvalue weighted by atomic mass is 10.1. The minimum Gasteiger partial charge on any atom is -0.462 e. The summed E-state index contributed by atoms with van der Waals surface area (Å²) in [5.41, 5.74) is 2.00. The van der Waals surface area contributed by atoms with Gasteiger partial charge in [0.2, 0.25) is 5.88 Å². The van der Waals surface area contributed by atoms with E-state index in [4.69, 9.17) is 18.9 Å².